The lowest BCUT2D eigenvalue weighted by atomic mass is 9.99. The van der Waals surface area contributed by atoms with Crippen LogP contribution in [0.25, 0.3) is 0 Å². The minimum atomic E-state index is 0.164. The van der Waals surface area contributed by atoms with Gasteiger partial charge in [-0.25, -0.2) is 0 Å². The third-order valence-electron chi connectivity index (χ3n) is 3.03. The van der Waals surface area contributed by atoms with E-state index in [4.69, 9.17) is 9.47 Å². The van der Waals surface area contributed by atoms with Gasteiger partial charge in [0.2, 0.25) is 0 Å². The van der Waals surface area contributed by atoms with Gasteiger partial charge in [0.25, 0.3) is 0 Å². The highest BCUT2D eigenvalue weighted by molar-refractivity contribution is 5.38. The normalized spacial score (nSPS) is 29.6. The van der Waals surface area contributed by atoms with E-state index in [0.29, 0.717) is 12.6 Å². The summed E-state index contributed by atoms with van der Waals surface area (Å²) in [5.74, 6) is 0.974. The summed E-state index contributed by atoms with van der Waals surface area (Å²) in [5.41, 5.74) is 1.18. The Morgan fingerprint density at radius 1 is 1.27 bits per heavy atom. The van der Waals surface area contributed by atoms with E-state index in [0.717, 1.165) is 25.3 Å². The number of fused-ring (bicyclic) bond motifs is 3. The van der Waals surface area contributed by atoms with Gasteiger partial charge in [-0.1, -0.05) is 18.2 Å². The van der Waals surface area contributed by atoms with Crippen LogP contribution in [0.1, 0.15) is 18.1 Å². The van der Waals surface area contributed by atoms with Gasteiger partial charge >= 0.3 is 0 Å². The fourth-order valence-electron chi connectivity index (χ4n) is 2.27. The van der Waals surface area contributed by atoms with Gasteiger partial charge in [-0.2, -0.15) is 0 Å². The standard InChI is InChI=1S/C12H15NO2/c1-2-5-11-9(4-1)12-10(8-15-11)13-6-3-7-14-12/h1-2,4-5,10,12-13H,3,6-8H2. The molecule has 2 unspecified atom stereocenters. The Balaban J connectivity index is 1.96. The van der Waals surface area contributed by atoms with Crippen LogP contribution in [0.2, 0.25) is 0 Å². The Labute approximate surface area is 89.4 Å². The van der Waals surface area contributed by atoms with E-state index >= 15 is 0 Å². The molecule has 2 aliphatic rings. The van der Waals surface area contributed by atoms with Crippen LogP contribution in [0.4, 0.5) is 0 Å². The zero-order valence-electron chi connectivity index (χ0n) is 8.61. The molecular formula is C12H15NO2. The summed E-state index contributed by atoms with van der Waals surface area (Å²) < 4.78 is 11.6. The molecule has 1 saturated heterocycles. The fourth-order valence-corrected chi connectivity index (χ4v) is 2.27. The summed E-state index contributed by atoms with van der Waals surface area (Å²) in [6, 6.07) is 8.46. The lowest BCUT2D eigenvalue weighted by Crippen LogP contribution is -2.42. The number of nitrogens with one attached hydrogen (secondary N) is 1. The molecule has 3 rings (SSSR count). The number of hydrogen-bond donors (Lipinski definition) is 1. The van der Waals surface area contributed by atoms with Crippen LogP contribution in [-0.2, 0) is 4.74 Å². The third kappa shape index (κ3) is 1.62. The maximum Gasteiger partial charge on any atom is 0.125 e. The van der Waals surface area contributed by atoms with Crippen LogP contribution >= 0.6 is 0 Å². The van der Waals surface area contributed by atoms with Crippen molar-refractivity contribution in [1.82, 2.24) is 5.32 Å². The topological polar surface area (TPSA) is 30.5 Å². The second kappa shape index (κ2) is 3.83. The first-order chi connectivity index (χ1) is 7.45. The van der Waals surface area contributed by atoms with Gasteiger partial charge in [0.05, 0.1) is 6.04 Å². The van der Waals surface area contributed by atoms with Crippen LogP contribution in [-0.4, -0.2) is 25.8 Å². The third-order valence-corrected chi connectivity index (χ3v) is 3.03. The first-order valence-electron chi connectivity index (χ1n) is 5.52. The molecule has 3 nitrogen and oxygen atoms in total. The van der Waals surface area contributed by atoms with Crippen LogP contribution < -0.4 is 10.1 Å². The Bertz CT molecular complexity index is 353. The van der Waals surface area contributed by atoms with Gasteiger partial charge in [-0.3, -0.25) is 0 Å². The van der Waals surface area contributed by atoms with Crippen molar-refractivity contribution >= 4 is 0 Å². The Morgan fingerprint density at radius 3 is 3.20 bits per heavy atom. The average molecular weight is 205 g/mol. The zero-order chi connectivity index (χ0) is 10.1. The van der Waals surface area contributed by atoms with Crippen molar-refractivity contribution in [2.75, 3.05) is 19.8 Å². The predicted molar refractivity (Wildman–Crippen MR) is 57.0 cm³/mol. The van der Waals surface area contributed by atoms with Gasteiger partial charge in [-0.15, -0.1) is 0 Å². The van der Waals surface area contributed by atoms with Gasteiger partial charge in [0.1, 0.15) is 18.5 Å². The highest BCUT2D eigenvalue weighted by atomic mass is 16.5. The minimum Gasteiger partial charge on any atom is -0.491 e. The number of rotatable bonds is 0. The van der Waals surface area contributed by atoms with Crippen molar-refractivity contribution in [2.45, 2.75) is 18.6 Å². The lowest BCUT2D eigenvalue weighted by Gasteiger charge is -2.32. The van der Waals surface area contributed by atoms with Crippen molar-refractivity contribution in [2.24, 2.45) is 0 Å². The number of benzene rings is 1. The molecule has 2 atom stereocenters. The zero-order valence-corrected chi connectivity index (χ0v) is 8.61. The van der Waals surface area contributed by atoms with Crippen LogP contribution in [0.5, 0.6) is 5.75 Å². The Hall–Kier alpha value is -1.06. The molecule has 2 aliphatic heterocycles. The molecule has 0 aromatic heterocycles. The van der Waals surface area contributed by atoms with Crippen LogP contribution in [0.3, 0.4) is 0 Å². The number of ether oxygens (including phenoxy) is 2. The number of para-hydroxylation sites is 1. The summed E-state index contributed by atoms with van der Waals surface area (Å²) in [4.78, 5) is 0. The molecule has 0 spiro atoms. The predicted octanol–water partition coefficient (Wildman–Crippen LogP) is 1.50. The van der Waals surface area contributed by atoms with Gasteiger partial charge in [-0.05, 0) is 19.0 Å². The van der Waals surface area contributed by atoms with Crippen molar-refractivity contribution in [3.05, 3.63) is 29.8 Å². The molecule has 0 bridgehead atoms. The maximum atomic E-state index is 5.89. The van der Waals surface area contributed by atoms with Gasteiger partial charge in [0, 0.05) is 12.2 Å². The summed E-state index contributed by atoms with van der Waals surface area (Å²) in [5, 5.41) is 3.47. The largest absolute Gasteiger partial charge is 0.491 e. The molecule has 0 saturated carbocycles. The van der Waals surface area contributed by atoms with Crippen molar-refractivity contribution in [1.29, 1.82) is 0 Å². The Kier molecular flexibility index (Phi) is 2.35. The molecule has 1 fully saturated rings. The SMILES string of the molecule is c1ccc2c(c1)OCC1NCCCOC21. The molecule has 0 aliphatic carbocycles. The van der Waals surface area contributed by atoms with E-state index in [-0.39, 0.29) is 6.10 Å². The van der Waals surface area contributed by atoms with E-state index in [1.54, 1.807) is 0 Å². The quantitative estimate of drug-likeness (QED) is 0.696. The molecule has 2 heterocycles. The second-order valence-electron chi connectivity index (χ2n) is 4.05. The number of hydrogen-bond acceptors (Lipinski definition) is 3. The minimum absolute atomic E-state index is 0.164. The second-order valence-corrected chi connectivity index (χ2v) is 4.05. The molecule has 80 valence electrons. The van der Waals surface area contributed by atoms with E-state index in [1.807, 2.05) is 18.2 Å². The monoisotopic (exact) mass is 205 g/mol. The summed E-state index contributed by atoms with van der Waals surface area (Å²) in [7, 11) is 0. The average Bonchev–Trinajstić information content (AvgIpc) is 2.54. The first kappa shape index (κ1) is 9.19. The molecule has 1 aromatic carbocycles. The summed E-state index contributed by atoms with van der Waals surface area (Å²) in [6.07, 6.45) is 1.24. The van der Waals surface area contributed by atoms with Gasteiger partial charge < -0.3 is 14.8 Å². The van der Waals surface area contributed by atoms with Crippen molar-refractivity contribution in [3.63, 3.8) is 0 Å². The maximum absolute atomic E-state index is 5.89. The molecule has 3 heteroatoms. The summed E-state index contributed by atoms with van der Waals surface area (Å²) >= 11 is 0. The first-order valence-corrected chi connectivity index (χ1v) is 5.52. The fraction of sp³-hybridized carbons (Fsp3) is 0.500. The van der Waals surface area contributed by atoms with Crippen LogP contribution in [0, 0.1) is 0 Å². The lowest BCUT2D eigenvalue weighted by molar-refractivity contribution is 0.0147. The molecule has 1 N–H and O–H groups in total. The van der Waals surface area contributed by atoms with Gasteiger partial charge in [0.15, 0.2) is 0 Å². The summed E-state index contributed by atoms with van der Waals surface area (Å²) in [6.45, 7) is 2.57. The van der Waals surface area contributed by atoms with Crippen molar-refractivity contribution in [3.8, 4) is 5.75 Å². The molecular weight excluding hydrogens is 190 g/mol. The Morgan fingerprint density at radius 2 is 2.20 bits per heavy atom. The highest BCUT2D eigenvalue weighted by Crippen LogP contribution is 2.35. The smallest absolute Gasteiger partial charge is 0.125 e. The van der Waals surface area contributed by atoms with Crippen molar-refractivity contribution < 1.29 is 9.47 Å². The van der Waals surface area contributed by atoms with E-state index < -0.39 is 0 Å². The van der Waals surface area contributed by atoms with E-state index in [2.05, 4.69) is 11.4 Å². The van der Waals surface area contributed by atoms with E-state index in [1.165, 1.54) is 5.56 Å². The van der Waals surface area contributed by atoms with Crippen LogP contribution in [0.15, 0.2) is 24.3 Å². The highest BCUT2D eigenvalue weighted by Gasteiger charge is 2.32. The molecule has 15 heavy (non-hydrogen) atoms. The molecule has 1 aromatic rings. The molecule has 0 amide bonds. The molecule has 0 radical (unpaired) electrons. The van der Waals surface area contributed by atoms with E-state index in [9.17, 15) is 0 Å².